The largest absolute Gasteiger partial charge is 0.460 e. The molecule has 4 aliphatic rings. The van der Waals surface area contributed by atoms with E-state index in [1.807, 2.05) is 41.5 Å². The van der Waals surface area contributed by atoms with Crippen LogP contribution in [0, 0.1) is 23.5 Å². The van der Waals surface area contributed by atoms with Gasteiger partial charge in [0.15, 0.2) is 0 Å². The lowest BCUT2D eigenvalue weighted by atomic mass is 9.75. The van der Waals surface area contributed by atoms with E-state index in [4.69, 9.17) is 30.9 Å². The van der Waals surface area contributed by atoms with Crippen LogP contribution in [0.3, 0.4) is 0 Å². The number of thioether (sulfide) groups is 2. The Labute approximate surface area is 328 Å². The summed E-state index contributed by atoms with van der Waals surface area (Å²) >= 11 is 3.22. The number of anilines is 2. The second-order valence-electron chi connectivity index (χ2n) is 17.1. The summed E-state index contributed by atoms with van der Waals surface area (Å²) in [5.41, 5.74) is 11.9. The molecule has 2 aromatic carbocycles. The third-order valence-corrected chi connectivity index (χ3v) is 12.7. The molecule has 12 heteroatoms. The van der Waals surface area contributed by atoms with E-state index in [0.717, 1.165) is 85.8 Å². The fraction of sp³-hybridized carbons (Fsp3) is 0.619. The van der Waals surface area contributed by atoms with Crippen molar-refractivity contribution >= 4 is 56.9 Å². The van der Waals surface area contributed by atoms with Crippen LogP contribution in [0.5, 0.6) is 0 Å². The molecule has 8 nitrogen and oxygen atoms in total. The number of hydrogen-bond acceptors (Lipinski definition) is 10. The van der Waals surface area contributed by atoms with Crippen molar-refractivity contribution < 1.29 is 27.8 Å². The van der Waals surface area contributed by atoms with Crippen LogP contribution in [0.1, 0.15) is 130 Å². The molecule has 0 unspecified atom stereocenters. The minimum Gasteiger partial charge on any atom is -0.460 e. The molecular weight excluding hydrogens is 727 g/mol. The standard InChI is InChI=1S/2C21H29FN2O2S/c2*1-20(2,3)26-19(25)12-18-24-21(16-11-15(23)8-9-17(16)22)10-6-4-5-7-14(21)13-27-18/h2*8-9,11,14H,4-7,10,12-13,23H2,1-3H3/t2*14-,21-/m00/s1. The normalized spacial score (nSPS) is 25.9. The molecule has 4 atom stereocenters. The molecular formula is C42H58F2N4O4S2. The van der Waals surface area contributed by atoms with Crippen molar-refractivity contribution in [2.75, 3.05) is 23.0 Å². The first kappa shape index (κ1) is 42.0. The Kier molecular flexibility index (Phi) is 13.5. The Balaban J connectivity index is 0.000000208. The maximum absolute atomic E-state index is 14.8. The minimum absolute atomic E-state index is 0.139. The molecule has 0 amide bonds. The Morgan fingerprint density at radius 1 is 0.685 bits per heavy atom. The van der Waals surface area contributed by atoms with Gasteiger partial charge in [-0.2, -0.15) is 0 Å². The van der Waals surface area contributed by atoms with Gasteiger partial charge < -0.3 is 20.9 Å². The van der Waals surface area contributed by atoms with Crippen molar-refractivity contribution in [3.05, 3.63) is 59.2 Å². The summed E-state index contributed by atoms with van der Waals surface area (Å²) in [4.78, 5) is 34.7. The van der Waals surface area contributed by atoms with Crippen LogP contribution in [-0.4, -0.2) is 44.7 Å². The molecule has 0 spiro atoms. The summed E-state index contributed by atoms with van der Waals surface area (Å²) in [6.45, 7) is 11.1. The number of benzene rings is 2. The molecule has 2 aliphatic carbocycles. The highest BCUT2D eigenvalue weighted by Gasteiger charge is 2.47. The average Bonchev–Trinajstić information content (AvgIpc) is 3.42. The first-order chi connectivity index (χ1) is 25.4. The zero-order valence-corrected chi connectivity index (χ0v) is 34.4. The van der Waals surface area contributed by atoms with Gasteiger partial charge in [-0.05, 0) is 115 Å². The average molecular weight is 785 g/mol. The molecule has 2 heterocycles. The van der Waals surface area contributed by atoms with Crippen molar-refractivity contribution in [1.82, 2.24) is 0 Å². The summed E-state index contributed by atoms with van der Waals surface area (Å²) in [6, 6.07) is 9.52. The Hall–Kier alpha value is -3.12. The van der Waals surface area contributed by atoms with Gasteiger partial charge in [0.05, 0.1) is 34.0 Å². The molecule has 0 bridgehead atoms. The van der Waals surface area contributed by atoms with E-state index in [1.54, 1.807) is 47.8 Å². The zero-order chi connectivity index (χ0) is 39.3. The number of esters is 2. The van der Waals surface area contributed by atoms with Gasteiger partial charge in [-0.1, -0.05) is 38.5 Å². The highest BCUT2D eigenvalue weighted by Crippen LogP contribution is 2.51. The predicted molar refractivity (Wildman–Crippen MR) is 219 cm³/mol. The third kappa shape index (κ3) is 10.6. The number of rotatable bonds is 6. The number of aliphatic imine (C=N–C) groups is 2. The molecule has 54 heavy (non-hydrogen) atoms. The van der Waals surface area contributed by atoms with Gasteiger partial charge in [0.2, 0.25) is 0 Å². The molecule has 0 saturated heterocycles. The van der Waals surface area contributed by atoms with E-state index >= 15 is 0 Å². The molecule has 2 aliphatic heterocycles. The van der Waals surface area contributed by atoms with E-state index < -0.39 is 22.3 Å². The first-order valence-electron chi connectivity index (χ1n) is 19.4. The van der Waals surface area contributed by atoms with E-state index in [0.29, 0.717) is 22.5 Å². The fourth-order valence-electron chi connectivity index (χ4n) is 8.21. The van der Waals surface area contributed by atoms with Crippen molar-refractivity contribution in [2.24, 2.45) is 21.8 Å². The number of carbonyl (C=O) groups is 2. The summed E-state index contributed by atoms with van der Waals surface area (Å²) < 4.78 is 40.6. The van der Waals surface area contributed by atoms with Crippen LogP contribution < -0.4 is 11.5 Å². The number of ether oxygens (including phenoxy) is 2. The van der Waals surface area contributed by atoms with Crippen molar-refractivity contribution in [3.63, 3.8) is 0 Å². The lowest BCUT2D eigenvalue weighted by molar-refractivity contribution is -0.154. The van der Waals surface area contributed by atoms with Crippen molar-refractivity contribution in [3.8, 4) is 0 Å². The SMILES string of the molecule is CC(C)(C)OC(=O)CC1=N[C@@]2(c3cc(N)ccc3F)CCCCC[C@H]2CS1.CC(C)(C)OC(=O)CC1=N[C@@]2(c3cc(N)ccc3F)CCCCC[C@H]2CS1. The Morgan fingerprint density at radius 3 is 1.44 bits per heavy atom. The fourth-order valence-corrected chi connectivity index (χ4v) is 10.8. The number of carbonyl (C=O) groups excluding carboxylic acids is 2. The predicted octanol–water partition coefficient (Wildman–Crippen LogP) is 10.1. The van der Waals surface area contributed by atoms with Crippen molar-refractivity contribution in [2.45, 2.75) is 141 Å². The van der Waals surface area contributed by atoms with E-state index in [-0.39, 0.29) is 48.3 Å². The van der Waals surface area contributed by atoms with Gasteiger partial charge in [-0.3, -0.25) is 19.6 Å². The maximum atomic E-state index is 14.8. The monoisotopic (exact) mass is 784 g/mol. The van der Waals surface area contributed by atoms with Crippen LogP contribution in [0.4, 0.5) is 20.2 Å². The quantitative estimate of drug-likeness (QED) is 0.219. The lowest BCUT2D eigenvalue weighted by Crippen LogP contribution is -2.39. The Bertz CT molecular complexity index is 1610. The second kappa shape index (κ2) is 17.3. The van der Waals surface area contributed by atoms with E-state index in [9.17, 15) is 18.4 Å². The van der Waals surface area contributed by atoms with Crippen molar-refractivity contribution in [1.29, 1.82) is 0 Å². The summed E-state index contributed by atoms with van der Waals surface area (Å²) in [5, 5.41) is 1.48. The molecule has 6 rings (SSSR count). The van der Waals surface area contributed by atoms with Crippen LogP contribution in [0.2, 0.25) is 0 Å². The first-order valence-corrected chi connectivity index (χ1v) is 21.3. The molecule has 4 N–H and O–H groups in total. The maximum Gasteiger partial charge on any atom is 0.312 e. The smallest absolute Gasteiger partial charge is 0.312 e. The summed E-state index contributed by atoms with van der Waals surface area (Å²) in [7, 11) is 0. The highest BCUT2D eigenvalue weighted by atomic mass is 32.2. The van der Waals surface area contributed by atoms with Gasteiger partial charge in [0.1, 0.15) is 22.8 Å². The molecule has 2 fully saturated rings. The molecule has 2 aromatic rings. The summed E-state index contributed by atoms with van der Waals surface area (Å²) in [6.07, 6.45) is 10.4. The van der Waals surface area contributed by atoms with Crippen LogP contribution >= 0.6 is 23.5 Å². The number of halogens is 2. The van der Waals surface area contributed by atoms with Gasteiger partial charge in [0.25, 0.3) is 0 Å². The van der Waals surface area contributed by atoms with E-state index in [2.05, 4.69) is 0 Å². The number of nitrogens with two attached hydrogens (primary N) is 2. The topological polar surface area (TPSA) is 129 Å². The van der Waals surface area contributed by atoms with Crippen LogP contribution in [0.15, 0.2) is 46.4 Å². The molecule has 2 saturated carbocycles. The molecule has 296 valence electrons. The van der Waals surface area contributed by atoms with Gasteiger partial charge >= 0.3 is 11.9 Å². The third-order valence-electron chi connectivity index (χ3n) is 10.5. The van der Waals surface area contributed by atoms with E-state index in [1.165, 1.54) is 12.1 Å². The van der Waals surface area contributed by atoms with Gasteiger partial charge in [0, 0.05) is 34.0 Å². The molecule has 0 radical (unpaired) electrons. The lowest BCUT2D eigenvalue weighted by Gasteiger charge is -2.41. The van der Waals surface area contributed by atoms with Crippen LogP contribution in [0.25, 0.3) is 0 Å². The highest BCUT2D eigenvalue weighted by molar-refractivity contribution is 8.14. The van der Waals surface area contributed by atoms with Crippen LogP contribution in [-0.2, 0) is 30.1 Å². The summed E-state index contributed by atoms with van der Waals surface area (Å²) in [5.74, 6) is 1.10. The number of nitrogens with zero attached hydrogens (tertiary/aromatic N) is 2. The minimum atomic E-state index is -0.626. The molecule has 0 aromatic heterocycles. The number of hydrogen-bond donors (Lipinski definition) is 2. The second-order valence-corrected chi connectivity index (χ2v) is 19.3. The number of fused-ring (bicyclic) bond motifs is 2. The number of nitrogen functional groups attached to an aromatic ring is 2. The van der Waals surface area contributed by atoms with Gasteiger partial charge in [-0.15, -0.1) is 23.5 Å². The Morgan fingerprint density at radius 2 is 1.07 bits per heavy atom. The van der Waals surface area contributed by atoms with Gasteiger partial charge in [-0.25, -0.2) is 8.78 Å². The zero-order valence-electron chi connectivity index (χ0n) is 32.8.